The van der Waals surface area contributed by atoms with Crippen LogP contribution in [-0.4, -0.2) is 22.5 Å². The van der Waals surface area contributed by atoms with E-state index in [1.165, 1.54) is 22.1 Å². The van der Waals surface area contributed by atoms with Crippen molar-refractivity contribution in [3.8, 4) is 0 Å². The molecule has 0 aliphatic rings. The van der Waals surface area contributed by atoms with Gasteiger partial charge in [-0.2, -0.15) is 0 Å². The first-order valence-corrected chi connectivity index (χ1v) is 4.61. The maximum Gasteiger partial charge on any atom is 0.324 e. The molecule has 0 spiro atoms. The van der Waals surface area contributed by atoms with Gasteiger partial charge >= 0.3 is 5.97 Å². The Balaban J connectivity index is 2.89. The fourth-order valence-corrected chi connectivity index (χ4v) is 1.40. The van der Waals surface area contributed by atoms with Gasteiger partial charge < -0.3 is 5.11 Å². The number of hydrogen-bond donors (Lipinski definition) is 1. The number of hydrogen-bond acceptors (Lipinski definition) is 4. The third kappa shape index (κ3) is 3.21. The average molecular weight is 275 g/mol. The van der Waals surface area contributed by atoms with Crippen molar-refractivity contribution in [1.29, 1.82) is 0 Å². The van der Waals surface area contributed by atoms with Gasteiger partial charge in [0.1, 0.15) is 6.54 Å². The summed E-state index contributed by atoms with van der Waals surface area (Å²) in [5, 5.41) is 19.0. The van der Waals surface area contributed by atoms with E-state index in [-0.39, 0.29) is 12.2 Å². The van der Waals surface area contributed by atoms with Crippen LogP contribution in [0.5, 0.6) is 0 Å². The molecule has 0 amide bonds. The highest BCUT2D eigenvalue weighted by molar-refractivity contribution is 9.10. The maximum absolute atomic E-state index is 10.5. The van der Waals surface area contributed by atoms with Gasteiger partial charge in [-0.15, -0.1) is 0 Å². The molecule has 1 aromatic carbocycles. The summed E-state index contributed by atoms with van der Waals surface area (Å²) in [6.07, 6.45) is 0. The Labute approximate surface area is 93.6 Å². The molecule has 80 valence electrons. The van der Waals surface area contributed by atoms with E-state index < -0.39 is 10.9 Å². The molecule has 0 unspecified atom stereocenters. The topological polar surface area (TPSA) is 83.7 Å². The van der Waals surface area contributed by atoms with Crippen LogP contribution in [0.3, 0.4) is 0 Å². The lowest BCUT2D eigenvalue weighted by Gasteiger charge is -2.12. The van der Waals surface area contributed by atoms with Gasteiger partial charge in [-0.05, 0) is 6.07 Å². The van der Waals surface area contributed by atoms with Crippen molar-refractivity contribution in [2.75, 3.05) is 10.5 Å². The fraction of sp³-hybridized carbons (Fsp3) is 0.125. The lowest BCUT2D eigenvalue weighted by atomic mass is 10.3. The molecule has 0 radical (unpaired) electrons. The number of nitro groups is 1. The number of carboxylic acid groups (broad SMARTS) is 1. The van der Waals surface area contributed by atoms with Crippen molar-refractivity contribution in [2.45, 2.75) is 0 Å². The molecule has 0 atom stereocenters. The number of carbonyl (C=O) groups is 1. The van der Waals surface area contributed by atoms with Crippen molar-refractivity contribution < 1.29 is 14.8 Å². The van der Waals surface area contributed by atoms with Crippen LogP contribution in [0.25, 0.3) is 0 Å². The van der Waals surface area contributed by atoms with Gasteiger partial charge in [-0.3, -0.25) is 18.8 Å². The third-order valence-corrected chi connectivity index (χ3v) is 2.26. The summed E-state index contributed by atoms with van der Waals surface area (Å²) in [4.78, 5) is 20.3. The van der Waals surface area contributed by atoms with Crippen LogP contribution < -0.4 is 3.93 Å². The first-order valence-electron chi connectivity index (χ1n) is 3.90. The van der Waals surface area contributed by atoms with E-state index >= 15 is 0 Å². The molecule has 1 N–H and O–H groups in total. The highest BCUT2D eigenvalue weighted by Gasteiger charge is 2.11. The van der Waals surface area contributed by atoms with E-state index in [1.807, 2.05) is 0 Å². The molecule has 1 aromatic rings. The van der Waals surface area contributed by atoms with Crippen molar-refractivity contribution in [3.63, 3.8) is 0 Å². The van der Waals surface area contributed by atoms with Crippen LogP contribution >= 0.6 is 16.1 Å². The number of aliphatic carboxylic acids is 1. The molecule has 0 aliphatic heterocycles. The van der Waals surface area contributed by atoms with E-state index in [0.717, 1.165) is 0 Å². The third-order valence-electron chi connectivity index (χ3n) is 1.59. The standard InChI is InChI=1S/C8H7BrN2O4/c9-10(5-8(12)13)6-2-1-3-7(4-6)11(14)15/h1-4H,5H2,(H,12,13). The minimum atomic E-state index is -1.03. The van der Waals surface area contributed by atoms with Crippen LogP contribution in [0, 0.1) is 10.1 Å². The Morgan fingerprint density at radius 1 is 1.60 bits per heavy atom. The predicted octanol–water partition coefficient (Wildman–Crippen LogP) is 1.80. The molecule has 6 nitrogen and oxygen atoms in total. The van der Waals surface area contributed by atoms with Crippen LogP contribution in [-0.2, 0) is 4.79 Å². The second-order valence-corrected chi connectivity index (χ2v) is 3.55. The molecule has 0 saturated carbocycles. The zero-order chi connectivity index (χ0) is 11.4. The molecule has 7 heteroatoms. The lowest BCUT2D eigenvalue weighted by Crippen LogP contribution is -2.19. The molecule has 15 heavy (non-hydrogen) atoms. The lowest BCUT2D eigenvalue weighted by molar-refractivity contribution is -0.384. The molecule has 0 heterocycles. The van der Waals surface area contributed by atoms with Gasteiger partial charge in [0.15, 0.2) is 0 Å². The Bertz CT molecular complexity index is 396. The van der Waals surface area contributed by atoms with Crippen LogP contribution in [0.4, 0.5) is 11.4 Å². The van der Waals surface area contributed by atoms with Crippen molar-refractivity contribution in [2.24, 2.45) is 0 Å². The second kappa shape index (κ2) is 4.74. The number of carboxylic acids is 1. The molecule has 0 bridgehead atoms. The van der Waals surface area contributed by atoms with Gasteiger partial charge in [0.05, 0.1) is 26.8 Å². The largest absolute Gasteiger partial charge is 0.480 e. The highest BCUT2D eigenvalue weighted by atomic mass is 79.9. The molecule has 1 rings (SSSR count). The SMILES string of the molecule is O=C(O)CN(Br)c1cccc([N+](=O)[O-])c1. The number of rotatable bonds is 4. The molecule has 0 aromatic heterocycles. The molecule has 0 saturated heterocycles. The normalized spacial score (nSPS) is 9.67. The number of halogens is 1. The van der Waals surface area contributed by atoms with Gasteiger partial charge in [-0.25, -0.2) is 0 Å². The monoisotopic (exact) mass is 274 g/mol. The molecule has 0 fully saturated rings. The first-order chi connectivity index (χ1) is 7.00. The Hall–Kier alpha value is -1.63. The summed E-state index contributed by atoms with van der Waals surface area (Å²) in [6.45, 7) is -0.277. The summed E-state index contributed by atoms with van der Waals surface area (Å²) in [6, 6.07) is 5.69. The van der Waals surface area contributed by atoms with Crippen molar-refractivity contribution in [3.05, 3.63) is 34.4 Å². The average Bonchev–Trinajstić information content (AvgIpc) is 2.17. The molecular formula is C8H7BrN2O4. The van der Waals surface area contributed by atoms with Crippen LogP contribution in [0.2, 0.25) is 0 Å². The fourth-order valence-electron chi connectivity index (χ4n) is 0.968. The minimum Gasteiger partial charge on any atom is -0.480 e. The predicted molar refractivity (Wildman–Crippen MR) is 57.0 cm³/mol. The van der Waals surface area contributed by atoms with E-state index in [1.54, 1.807) is 6.07 Å². The van der Waals surface area contributed by atoms with Gasteiger partial charge in [-0.1, -0.05) is 6.07 Å². The van der Waals surface area contributed by atoms with E-state index in [4.69, 9.17) is 5.11 Å². The zero-order valence-corrected chi connectivity index (χ0v) is 9.05. The number of benzene rings is 1. The summed E-state index contributed by atoms with van der Waals surface area (Å²) in [7, 11) is 0. The van der Waals surface area contributed by atoms with Crippen LogP contribution in [0.15, 0.2) is 24.3 Å². The minimum absolute atomic E-state index is 0.0812. The second-order valence-electron chi connectivity index (χ2n) is 2.69. The first kappa shape index (κ1) is 11.4. The van der Waals surface area contributed by atoms with E-state index in [2.05, 4.69) is 16.1 Å². The van der Waals surface area contributed by atoms with E-state index in [0.29, 0.717) is 5.69 Å². The van der Waals surface area contributed by atoms with Crippen molar-refractivity contribution >= 4 is 33.5 Å². The number of nitro benzene ring substituents is 1. The quantitative estimate of drug-likeness (QED) is 0.514. The number of nitrogens with zero attached hydrogens (tertiary/aromatic N) is 2. The molecular weight excluding hydrogens is 268 g/mol. The van der Waals surface area contributed by atoms with Gasteiger partial charge in [0.25, 0.3) is 5.69 Å². The summed E-state index contributed by atoms with van der Waals surface area (Å²) in [5.74, 6) is -1.03. The van der Waals surface area contributed by atoms with Gasteiger partial charge in [0.2, 0.25) is 0 Å². The molecule has 0 aliphatic carbocycles. The van der Waals surface area contributed by atoms with Crippen molar-refractivity contribution in [1.82, 2.24) is 0 Å². The highest BCUT2D eigenvalue weighted by Crippen LogP contribution is 2.22. The Morgan fingerprint density at radius 3 is 2.80 bits per heavy atom. The van der Waals surface area contributed by atoms with Gasteiger partial charge in [0, 0.05) is 12.1 Å². The number of non-ortho nitro benzene ring substituents is 1. The Kier molecular flexibility index (Phi) is 3.62. The maximum atomic E-state index is 10.5. The van der Waals surface area contributed by atoms with E-state index in [9.17, 15) is 14.9 Å². The number of anilines is 1. The smallest absolute Gasteiger partial charge is 0.324 e. The Morgan fingerprint density at radius 2 is 2.27 bits per heavy atom. The van der Waals surface area contributed by atoms with Crippen LogP contribution in [0.1, 0.15) is 0 Å². The summed E-state index contributed by atoms with van der Waals surface area (Å²) >= 11 is 3.00. The summed E-state index contributed by atoms with van der Waals surface area (Å²) in [5.41, 5.74) is 0.342. The zero-order valence-electron chi connectivity index (χ0n) is 7.46. The summed E-state index contributed by atoms with van der Waals surface area (Å²) < 4.78 is 1.24.